The Hall–Kier alpha value is -0.860. The smallest absolute Gasteiger partial charge is 0.169 e. The molecule has 0 aromatic rings. The summed E-state index contributed by atoms with van der Waals surface area (Å²) in [6, 6.07) is 0. The first-order chi connectivity index (χ1) is 12.3. The molecule has 4 rings (SSSR count). The van der Waals surface area contributed by atoms with Gasteiger partial charge in [-0.2, -0.15) is 0 Å². The average Bonchev–Trinajstić information content (AvgIpc) is 3.26. The second-order valence-corrected chi connectivity index (χ2v) is 8.11. The summed E-state index contributed by atoms with van der Waals surface area (Å²) in [5, 5.41) is 9.23. The van der Waals surface area contributed by atoms with E-state index < -0.39 is 17.0 Å². The predicted molar refractivity (Wildman–Crippen MR) is 91.3 cm³/mol. The molecule has 0 aromatic heterocycles. The molecule has 0 radical (unpaired) electrons. The number of carbonyl (C=O) groups is 2. The first-order valence-electron chi connectivity index (χ1n) is 9.55. The molecule has 0 amide bonds. The van der Waals surface area contributed by atoms with Gasteiger partial charge in [0, 0.05) is 44.4 Å². The minimum Gasteiger partial charge on any atom is -0.395 e. The zero-order valence-electron chi connectivity index (χ0n) is 15.8. The fraction of sp³-hybridized carbons (Fsp3) is 0.895. The van der Waals surface area contributed by atoms with Crippen LogP contribution >= 0.6 is 0 Å². The predicted octanol–water partition coefficient (Wildman–Crippen LogP) is 1.60. The third-order valence-corrected chi connectivity index (χ3v) is 5.96. The van der Waals surface area contributed by atoms with Crippen molar-refractivity contribution in [1.82, 2.24) is 0 Å². The maximum Gasteiger partial charge on any atom is 0.169 e. The largest absolute Gasteiger partial charge is 0.395 e. The van der Waals surface area contributed by atoms with Crippen molar-refractivity contribution in [2.45, 2.75) is 63.9 Å². The molecule has 4 aliphatic rings. The Morgan fingerprint density at radius 2 is 1.50 bits per heavy atom. The Kier molecular flexibility index (Phi) is 5.84. The second kappa shape index (κ2) is 7.64. The van der Waals surface area contributed by atoms with Crippen molar-refractivity contribution in [2.75, 3.05) is 33.0 Å². The third kappa shape index (κ3) is 4.02. The van der Waals surface area contributed by atoms with E-state index in [1.807, 2.05) is 6.92 Å². The highest BCUT2D eigenvalue weighted by Crippen LogP contribution is 2.43. The van der Waals surface area contributed by atoms with Crippen molar-refractivity contribution >= 4 is 11.6 Å². The lowest BCUT2D eigenvalue weighted by Crippen LogP contribution is -2.48. The molecule has 0 aromatic carbocycles. The lowest BCUT2D eigenvalue weighted by atomic mass is 9.72. The quantitative estimate of drug-likeness (QED) is 0.749. The van der Waals surface area contributed by atoms with Gasteiger partial charge in [0.25, 0.3) is 0 Å². The van der Waals surface area contributed by atoms with Gasteiger partial charge in [-0.15, -0.1) is 0 Å². The molecule has 4 fully saturated rings. The standard InChI is InChI=1S/C10H16O4.C9H14O3/c1-9(7-11)6-10(3-2-8(9)12)13-4-5-14-10;1-7-6-9(3-2-8(7)10)11-4-5-12-9/h11H,2-7H2,1H3;7H,2-6H2,1H3. The number of hydrogen-bond donors (Lipinski definition) is 1. The van der Waals surface area contributed by atoms with Crippen LogP contribution < -0.4 is 0 Å². The van der Waals surface area contributed by atoms with Crippen LogP contribution in [0.15, 0.2) is 0 Å². The Morgan fingerprint density at radius 3 is 2.04 bits per heavy atom. The topological polar surface area (TPSA) is 91.3 Å². The fourth-order valence-electron chi connectivity index (χ4n) is 4.28. The molecule has 2 aliphatic carbocycles. The molecule has 26 heavy (non-hydrogen) atoms. The molecular weight excluding hydrogens is 340 g/mol. The molecular formula is C19H30O7. The SMILES string of the molecule is CC1(CO)CC2(CCC1=O)OCCO2.CC1CC2(CCC1=O)OCCO2. The molecule has 7 nitrogen and oxygen atoms in total. The van der Waals surface area contributed by atoms with Crippen molar-refractivity contribution in [1.29, 1.82) is 0 Å². The minimum absolute atomic E-state index is 0.108. The van der Waals surface area contributed by atoms with E-state index in [9.17, 15) is 14.7 Å². The molecule has 1 N–H and O–H groups in total. The maximum absolute atomic E-state index is 11.6. The molecule has 2 atom stereocenters. The zero-order valence-corrected chi connectivity index (χ0v) is 15.8. The van der Waals surface area contributed by atoms with E-state index >= 15 is 0 Å². The van der Waals surface area contributed by atoms with E-state index in [1.165, 1.54) is 0 Å². The fourth-order valence-corrected chi connectivity index (χ4v) is 4.28. The molecule has 2 saturated carbocycles. The Balaban J connectivity index is 0.000000152. The van der Waals surface area contributed by atoms with Crippen LogP contribution in [0.3, 0.4) is 0 Å². The monoisotopic (exact) mass is 370 g/mol. The van der Waals surface area contributed by atoms with Crippen LogP contribution in [0.25, 0.3) is 0 Å². The van der Waals surface area contributed by atoms with E-state index in [0.717, 1.165) is 12.8 Å². The maximum atomic E-state index is 11.6. The summed E-state index contributed by atoms with van der Waals surface area (Å²) in [4.78, 5) is 22.8. The summed E-state index contributed by atoms with van der Waals surface area (Å²) in [6.07, 6.45) is 3.65. The number of ketones is 2. The number of ether oxygens (including phenoxy) is 4. The van der Waals surface area contributed by atoms with E-state index in [1.54, 1.807) is 6.92 Å². The molecule has 2 heterocycles. The first-order valence-corrected chi connectivity index (χ1v) is 9.55. The highest BCUT2D eigenvalue weighted by molar-refractivity contribution is 5.85. The van der Waals surface area contributed by atoms with E-state index in [2.05, 4.69) is 0 Å². The highest BCUT2D eigenvalue weighted by Gasteiger charge is 2.50. The van der Waals surface area contributed by atoms with Crippen molar-refractivity contribution in [3.63, 3.8) is 0 Å². The Labute approximate surface area is 154 Å². The van der Waals surface area contributed by atoms with Gasteiger partial charge in [0.05, 0.1) is 38.4 Å². The van der Waals surface area contributed by atoms with Gasteiger partial charge in [-0.25, -0.2) is 0 Å². The number of carbonyl (C=O) groups excluding carboxylic acids is 2. The van der Waals surface area contributed by atoms with E-state index in [0.29, 0.717) is 57.9 Å². The minimum atomic E-state index is -0.678. The zero-order chi connectivity index (χ0) is 18.8. The Bertz CT molecular complexity index is 534. The van der Waals surface area contributed by atoms with Gasteiger partial charge in [-0.1, -0.05) is 13.8 Å². The van der Waals surface area contributed by atoms with Gasteiger partial charge in [-0.3, -0.25) is 9.59 Å². The first kappa shape index (κ1) is 19.9. The third-order valence-electron chi connectivity index (χ3n) is 5.96. The lowest BCUT2D eigenvalue weighted by molar-refractivity contribution is -0.203. The van der Waals surface area contributed by atoms with Gasteiger partial charge in [0.1, 0.15) is 11.6 Å². The number of Topliss-reactive ketones (excluding diaryl/α,β-unsaturated/α-hetero) is 2. The molecule has 2 spiro atoms. The second-order valence-electron chi connectivity index (χ2n) is 8.11. The number of aliphatic hydroxyl groups excluding tert-OH is 1. The summed E-state index contributed by atoms with van der Waals surface area (Å²) < 4.78 is 22.1. The Morgan fingerprint density at radius 1 is 0.962 bits per heavy atom. The summed E-state index contributed by atoms with van der Waals surface area (Å²) in [5.41, 5.74) is -0.678. The van der Waals surface area contributed by atoms with Crippen LogP contribution in [-0.4, -0.2) is 61.3 Å². The molecule has 2 aliphatic heterocycles. The van der Waals surface area contributed by atoms with Gasteiger partial charge >= 0.3 is 0 Å². The summed E-state index contributed by atoms with van der Waals surface area (Å²) in [5.74, 6) is -0.417. The normalized spacial score (nSPS) is 35.6. The molecule has 2 unspecified atom stereocenters. The number of aliphatic hydroxyl groups is 1. The summed E-state index contributed by atoms with van der Waals surface area (Å²) in [7, 11) is 0. The molecule has 148 valence electrons. The van der Waals surface area contributed by atoms with Crippen molar-refractivity contribution < 1.29 is 33.6 Å². The van der Waals surface area contributed by atoms with E-state index in [-0.39, 0.29) is 18.3 Å². The summed E-state index contributed by atoms with van der Waals surface area (Å²) >= 11 is 0. The highest BCUT2D eigenvalue weighted by atomic mass is 16.7. The van der Waals surface area contributed by atoms with Crippen LogP contribution in [0.5, 0.6) is 0 Å². The molecule has 2 saturated heterocycles. The average molecular weight is 370 g/mol. The van der Waals surface area contributed by atoms with Crippen LogP contribution in [0.1, 0.15) is 52.4 Å². The van der Waals surface area contributed by atoms with Crippen LogP contribution in [-0.2, 0) is 28.5 Å². The van der Waals surface area contributed by atoms with Crippen molar-refractivity contribution in [3.8, 4) is 0 Å². The lowest BCUT2D eigenvalue weighted by Gasteiger charge is -2.40. The van der Waals surface area contributed by atoms with Gasteiger partial charge < -0.3 is 24.1 Å². The van der Waals surface area contributed by atoms with Crippen molar-refractivity contribution in [3.05, 3.63) is 0 Å². The molecule has 0 bridgehead atoms. The van der Waals surface area contributed by atoms with Crippen molar-refractivity contribution in [2.24, 2.45) is 11.3 Å². The van der Waals surface area contributed by atoms with Gasteiger partial charge in [-0.05, 0) is 0 Å². The van der Waals surface area contributed by atoms with E-state index in [4.69, 9.17) is 18.9 Å². The van der Waals surface area contributed by atoms with Gasteiger partial charge in [0.15, 0.2) is 11.6 Å². The summed E-state index contributed by atoms with van der Waals surface area (Å²) in [6.45, 7) is 6.16. The number of hydrogen-bond acceptors (Lipinski definition) is 7. The van der Waals surface area contributed by atoms with Crippen LogP contribution in [0.2, 0.25) is 0 Å². The van der Waals surface area contributed by atoms with Crippen LogP contribution in [0.4, 0.5) is 0 Å². The van der Waals surface area contributed by atoms with Gasteiger partial charge in [0.2, 0.25) is 0 Å². The number of rotatable bonds is 1. The van der Waals surface area contributed by atoms with Crippen LogP contribution in [0, 0.1) is 11.3 Å². The molecule has 7 heteroatoms.